The second kappa shape index (κ2) is 4.42. The third kappa shape index (κ3) is 4.31. The number of hydrogen-bond donors (Lipinski definition) is 0. The highest BCUT2D eigenvalue weighted by Crippen LogP contribution is 2.03. The van der Waals surface area contributed by atoms with Gasteiger partial charge in [0.15, 0.2) is 9.84 Å². The number of aliphatic imine (C=N–C) groups is 1. The van der Waals surface area contributed by atoms with E-state index in [0.717, 1.165) is 6.26 Å². The van der Waals surface area contributed by atoms with Gasteiger partial charge in [-0.05, 0) is 6.92 Å². The van der Waals surface area contributed by atoms with Crippen molar-refractivity contribution in [2.75, 3.05) is 6.26 Å². The van der Waals surface area contributed by atoms with E-state index in [4.69, 9.17) is 11.6 Å². The van der Waals surface area contributed by atoms with Crippen LogP contribution in [0.4, 0.5) is 0 Å². The minimum absolute atomic E-state index is 0.0537. The number of sulfone groups is 1. The largest absolute Gasteiger partial charge is 0.244 e. The van der Waals surface area contributed by atoms with Gasteiger partial charge in [-0.3, -0.25) is 0 Å². The molecule has 0 heterocycles. The van der Waals surface area contributed by atoms with Gasteiger partial charge in [-0.15, -0.1) is 0 Å². The number of hydrogen-bond acceptors (Lipinski definition) is 3. The van der Waals surface area contributed by atoms with Gasteiger partial charge in [0, 0.05) is 12.5 Å². The first-order valence-electron chi connectivity index (χ1n) is 3.12. The Morgan fingerprint density at radius 1 is 1.58 bits per heavy atom. The highest BCUT2D eigenvalue weighted by atomic mass is 35.5. The van der Waals surface area contributed by atoms with Gasteiger partial charge in [0.1, 0.15) is 5.16 Å². The molecule has 0 aromatic carbocycles. The van der Waals surface area contributed by atoms with E-state index >= 15 is 0 Å². The molecule has 3 nitrogen and oxygen atoms in total. The van der Waals surface area contributed by atoms with Crippen molar-refractivity contribution in [1.82, 2.24) is 0 Å². The van der Waals surface area contributed by atoms with Gasteiger partial charge in [-0.1, -0.05) is 24.3 Å². The third-order valence-corrected chi connectivity index (χ3v) is 2.34. The summed E-state index contributed by atoms with van der Waals surface area (Å²) in [5.74, 6) is 0. The van der Waals surface area contributed by atoms with E-state index in [2.05, 4.69) is 11.6 Å². The van der Waals surface area contributed by atoms with Crippen LogP contribution in [0.5, 0.6) is 0 Å². The maximum absolute atomic E-state index is 10.9. The molecule has 0 aliphatic rings. The van der Waals surface area contributed by atoms with E-state index in [-0.39, 0.29) is 10.1 Å². The first-order chi connectivity index (χ1) is 5.38. The molecule has 5 heteroatoms. The maximum atomic E-state index is 10.9. The van der Waals surface area contributed by atoms with Gasteiger partial charge in [0.25, 0.3) is 0 Å². The van der Waals surface area contributed by atoms with E-state index in [1.54, 1.807) is 6.92 Å². The Bertz CT molecular complexity index is 327. The Hall–Kier alpha value is -0.610. The molecule has 0 rings (SSSR count). The SMILES string of the molecule is C=C(Cl)N=C/C(=C\C)S(C)(=O)=O. The summed E-state index contributed by atoms with van der Waals surface area (Å²) in [5.41, 5.74) is 0. The lowest BCUT2D eigenvalue weighted by atomic mass is 10.5. The molecule has 0 atom stereocenters. The fourth-order valence-corrected chi connectivity index (χ4v) is 1.24. The molecule has 0 fully saturated rings. The fourth-order valence-electron chi connectivity index (χ4n) is 0.518. The molecular formula is C7H10ClNO2S. The predicted molar refractivity (Wildman–Crippen MR) is 52.1 cm³/mol. The van der Waals surface area contributed by atoms with Gasteiger partial charge in [0.2, 0.25) is 0 Å². The van der Waals surface area contributed by atoms with Crippen LogP contribution in [-0.2, 0) is 9.84 Å². The van der Waals surface area contributed by atoms with Crippen molar-refractivity contribution in [3.05, 3.63) is 22.7 Å². The molecule has 0 saturated heterocycles. The van der Waals surface area contributed by atoms with Gasteiger partial charge < -0.3 is 0 Å². The van der Waals surface area contributed by atoms with Crippen molar-refractivity contribution < 1.29 is 8.42 Å². The normalized spacial score (nSPS) is 13.8. The Morgan fingerprint density at radius 2 is 2.08 bits per heavy atom. The first-order valence-corrected chi connectivity index (χ1v) is 5.39. The van der Waals surface area contributed by atoms with Crippen molar-refractivity contribution >= 4 is 27.7 Å². The summed E-state index contributed by atoms with van der Waals surface area (Å²) in [6, 6.07) is 0. The van der Waals surface area contributed by atoms with Crippen LogP contribution in [0.3, 0.4) is 0 Å². The predicted octanol–water partition coefficient (Wildman–Crippen LogP) is 1.72. The molecule has 0 unspecified atom stereocenters. The molecular weight excluding hydrogens is 198 g/mol. The molecule has 0 amide bonds. The van der Waals surface area contributed by atoms with E-state index in [1.165, 1.54) is 12.3 Å². The Labute approximate surface area is 77.4 Å². The zero-order valence-electron chi connectivity index (χ0n) is 6.91. The summed E-state index contributed by atoms with van der Waals surface area (Å²) in [5, 5.41) is 0.0537. The molecule has 0 aromatic rings. The second-order valence-corrected chi connectivity index (χ2v) is 4.55. The van der Waals surface area contributed by atoms with Crippen LogP contribution in [0.15, 0.2) is 27.7 Å². The fraction of sp³-hybridized carbons (Fsp3) is 0.286. The average molecular weight is 208 g/mol. The quantitative estimate of drug-likeness (QED) is 0.523. The second-order valence-electron chi connectivity index (χ2n) is 2.10. The summed E-state index contributed by atoms with van der Waals surface area (Å²) in [7, 11) is -3.20. The Balaban J connectivity index is 4.77. The molecule has 0 N–H and O–H groups in total. The number of nitrogens with zero attached hydrogens (tertiary/aromatic N) is 1. The van der Waals surface area contributed by atoms with Crippen LogP contribution in [0.25, 0.3) is 0 Å². The summed E-state index contributed by atoms with van der Waals surface area (Å²) in [4.78, 5) is 3.69. The van der Waals surface area contributed by atoms with Crippen LogP contribution in [0, 0.1) is 0 Å². The van der Waals surface area contributed by atoms with E-state index in [0.29, 0.717) is 0 Å². The average Bonchev–Trinajstić information content (AvgIpc) is 1.85. The summed E-state index contributed by atoms with van der Waals surface area (Å²) >= 11 is 5.31. The highest BCUT2D eigenvalue weighted by Gasteiger charge is 2.06. The Morgan fingerprint density at radius 3 is 2.33 bits per heavy atom. The van der Waals surface area contributed by atoms with E-state index in [9.17, 15) is 8.42 Å². The Kier molecular flexibility index (Phi) is 4.20. The molecule has 0 radical (unpaired) electrons. The van der Waals surface area contributed by atoms with Crippen LogP contribution in [0.2, 0.25) is 0 Å². The lowest BCUT2D eigenvalue weighted by Crippen LogP contribution is -2.01. The van der Waals surface area contributed by atoms with E-state index < -0.39 is 9.84 Å². The summed E-state index contributed by atoms with van der Waals surface area (Å²) < 4.78 is 21.9. The molecule has 0 aromatic heterocycles. The summed E-state index contributed by atoms with van der Waals surface area (Å²) in [6.45, 7) is 4.90. The lowest BCUT2D eigenvalue weighted by Gasteiger charge is -1.94. The van der Waals surface area contributed by atoms with Crippen molar-refractivity contribution in [3.8, 4) is 0 Å². The first kappa shape index (κ1) is 11.4. The van der Waals surface area contributed by atoms with Gasteiger partial charge >= 0.3 is 0 Å². The topological polar surface area (TPSA) is 46.5 Å². The smallest absolute Gasteiger partial charge is 0.176 e. The molecule has 12 heavy (non-hydrogen) atoms. The zero-order chi connectivity index (χ0) is 9.78. The third-order valence-electron chi connectivity index (χ3n) is 1.04. The zero-order valence-corrected chi connectivity index (χ0v) is 8.48. The highest BCUT2D eigenvalue weighted by molar-refractivity contribution is 7.95. The minimum atomic E-state index is -3.20. The molecule has 0 bridgehead atoms. The monoisotopic (exact) mass is 207 g/mol. The van der Waals surface area contributed by atoms with Crippen LogP contribution in [-0.4, -0.2) is 20.9 Å². The van der Waals surface area contributed by atoms with Crippen LogP contribution in [0.1, 0.15) is 6.92 Å². The summed E-state index contributed by atoms with van der Waals surface area (Å²) in [6.07, 6.45) is 3.72. The van der Waals surface area contributed by atoms with Gasteiger partial charge in [-0.2, -0.15) is 0 Å². The van der Waals surface area contributed by atoms with E-state index in [1.807, 2.05) is 0 Å². The number of allylic oxidation sites excluding steroid dienone is 2. The van der Waals surface area contributed by atoms with Gasteiger partial charge in [-0.25, -0.2) is 13.4 Å². The molecule has 0 saturated carbocycles. The molecule has 68 valence electrons. The lowest BCUT2D eigenvalue weighted by molar-refractivity contribution is 0.609. The molecule has 0 aliphatic heterocycles. The van der Waals surface area contributed by atoms with Crippen molar-refractivity contribution in [2.45, 2.75) is 6.92 Å². The van der Waals surface area contributed by atoms with Crippen LogP contribution < -0.4 is 0 Å². The minimum Gasteiger partial charge on any atom is -0.244 e. The van der Waals surface area contributed by atoms with Crippen molar-refractivity contribution in [3.63, 3.8) is 0 Å². The molecule has 0 aliphatic carbocycles. The maximum Gasteiger partial charge on any atom is 0.176 e. The molecule has 0 spiro atoms. The van der Waals surface area contributed by atoms with Crippen molar-refractivity contribution in [2.24, 2.45) is 4.99 Å². The number of halogens is 1. The van der Waals surface area contributed by atoms with Crippen molar-refractivity contribution in [1.29, 1.82) is 0 Å². The standard InChI is InChI=1S/C7H10ClNO2S/c1-4-7(12(3,10)11)5-9-6(2)8/h4-5H,2H2,1,3H3/b7-4+,9-5?. The van der Waals surface area contributed by atoms with Crippen LogP contribution >= 0.6 is 11.6 Å². The number of rotatable bonds is 3. The van der Waals surface area contributed by atoms with Gasteiger partial charge in [0.05, 0.1) is 4.91 Å².